The van der Waals surface area contributed by atoms with E-state index in [1.807, 2.05) is 13.0 Å². The number of hydrogen-bond acceptors (Lipinski definition) is 5. The Hall–Kier alpha value is -3.72. The van der Waals surface area contributed by atoms with Crippen molar-refractivity contribution in [2.45, 2.75) is 11.8 Å². The minimum atomic E-state index is -4.07. The van der Waals surface area contributed by atoms with Crippen molar-refractivity contribution in [3.63, 3.8) is 0 Å². The van der Waals surface area contributed by atoms with E-state index < -0.39 is 34.3 Å². The second-order valence-corrected chi connectivity index (χ2v) is 8.28. The van der Waals surface area contributed by atoms with Gasteiger partial charge in [0.2, 0.25) is 0 Å². The fourth-order valence-corrected chi connectivity index (χ4v) is 3.78. The summed E-state index contributed by atoms with van der Waals surface area (Å²) in [4.78, 5) is 24.3. The van der Waals surface area contributed by atoms with Crippen LogP contribution in [0.3, 0.4) is 0 Å². The van der Waals surface area contributed by atoms with Crippen LogP contribution in [0.2, 0.25) is 0 Å². The van der Waals surface area contributed by atoms with Crippen molar-refractivity contribution in [1.29, 1.82) is 0 Å². The Bertz CT molecular complexity index is 1210. The zero-order chi connectivity index (χ0) is 22.4. The number of nitrogens with one attached hydrogen (secondary N) is 2. The standard InChI is InChI=1S/C22H19FN2O5S/c1-15-5-4-6-17(13-15)24-21(26)14-30-22(27)19-7-2-3-8-20(19)25-31(28,29)18-11-9-16(23)10-12-18/h2-13,25H,14H2,1H3,(H,24,26). The Kier molecular flexibility index (Phi) is 6.66. The molecule has 0 aliphatic heterocycles. The molecule has 0 aliphatic carbocycles. The van der Waals surface area contributed by atoms with Gasteiger partial charge in [-0.2, -0.15) is 0 Å². The van der Waals surface area contributed by atoms with Gasteiger partial charge in [0.25, 0.3) is 15.9 Å². The van der Waals surface area contributed by atoms with Gasteiger partial charge >= 0.3 is 5.97 Å². The second-order valence-electron chi connectivity index (χ2n) is 6.60. The van der Waals surface area contributed by atoms with Gasteiger partial charge in [0.15, 0.2) is 6.61 Å². The minimum absolute atomic E-state index is 0.0316. The molecule has 0 unspecified atom stereocenters. The van der Waals surface area contributed by atoms with Crippen molar-refractivity contribution >= 4 is 33.3 Å². The normalized spacial score (nSPS) is 10.9. The Morgan fingerprint density at radius 3 is 2.39 bits per heavy atom. The van der Waals surface area contributed by atoms with Gasteiger partial charge in [0, 0.05) is 5.69 Å². The van der Waals surface area contributed by atoms with E-state index in [9.17, 15) is 22.4 Å². The van der Waals surface area contributed by atoms with E-state index in [0.717, 1.165) is 29.8 Å². The summed E-state index contributed by atoms with van der Waals surface area (Å²) in [5.41, 5.74) is 1.41. The van der Waals surface area contributed by atoms with E-state index in [1.165, 1.54) is 24.3 Å². The summed E-state index contributed by atoms with van der Waals surface area (Å²) in [7, 11) is -4.07. The molecule has 2 N–H and O–H groups in total. The lowest BCUT2D eigenvalue weighted by Gasteiger charge is -2.12. The molecule has 0 bridgehead atoms. The zero-order valence-electron chi connectivity index (χ0n) is 16.5. The van der Waals surface area contributed by atoms with Crippen LogP contribution in [0.4, 0.5) is 15.8 Å². The van der Waals surface area contributed by atoms with Crippen molar-refractivity contribution in [2.24, 2.45) is 0 Å². The summed E-state index contributed by atoms with van der Waals surface area (Å²) in [6.45, 7) is 1.32. The molecule has 31 heavy (non-hydrogen) atoms. The Morgan fingerprint density at radius 2 is 1.68 bits per heavy atom. The molecule has 0 aliphatic rings. The number of ether oxygens (including phenoxy) is 1. The van der Waals surface area contributed by atoms with E-state index in [0.29, 0.717) is 5.69 Å². The Labute approximate surface area is 178 Å². The molecule has 0 saturated carbocycles. The number of esters is 1. The first-order chi connectivity index (χ1) is 14.7. The third-order valence-electron chi connectivity index (χ3n) is 4.15. The third-order valence-corrected chi connectivity index (χ3v) is 5.53. The van der Waals surface area contributed by atoms with Gasteiger partial charge in [-0.3, -0.25) is 9.52 Å². The molecular weight excluding hydrogens is 423 g/mol. The van der Waals surface area contributed by atoms with Crippen LogP contribution in [0, 0.1) is 12.7 Å². The molecule has 0 fully saturated rings. The van der Waals surface area contributed by atoms with Crippen LogP contribution in [0.5, 0.6) is 0 Å². The van der Waals surface area contributed by atoms with Crippen LogP contribution in [0.15, 0.2) is 77.7 Å². The number of halogens is 1. The monoisotopic (exact) mass is 442 g/mol. The molecule has 9 heteroatoms. The molecule has 160 valence electrons. The topological polar surface area (TPSA) is 102 Å². The first-order valence-electron chi connectivity index (χ1n) is 9.16. The summed E-state index contributed by atoms with van der Waals surface area (Å²) < 4.78 is 45.5. The first kappa shape index (κ1) is 22.0. The number of carbonyl (C=O) groups excluding carboxylic acids is 2. The van der Waals surface area contributed by atoms with Gasteiger partial charge in [-0.25, -0.2) is 17.6 Å². The van der Waals surface area contributed by atoms with Gasteiger partial charge < -0.3 is 10.1 Å². The molecule has 0 spiro atoms. The highest BCUT2D eigenvalue weighted by Crippen LogP contribution is 2.21. The number of amides is 1. The number of para-hydroxylation sites is 1. The highest BCUT2D eigenvalue weighted by molar-refractivity contribution is 7.92. The van der Waals surface area contributed by atoms with Gasteiger partial charge in [-0.15, -0.1) is 0 Å². The summed E-state index contributed by atoms with van der Waals surface area (Å²) in [6, 6.07) is 17.2. The lowest BCUT2D eigenvalue weighted by atomic mass is 10.2. The van der Waals surface area contributed by atoms with Crippen molar-refractivity contribution in [3.8, 4) is 0 Å². The molecule has 0 saturated heterocycles. The number of hydrogen-bond donors (Lipinski definition) is 2. The van der Waals surface area contributed by atoms with Gasteiger partial charge in [-0.1, -0.05) is 24.3 Å². The average molecular weight is 442 g/mol. The first-order valence-corrected chi connectivity index (χ1v) is 10.6. The Balaban J connectivity index is 1.68. The van der Waals surface area contributed by atoms with Crippen LogP contribution in [0.1, 0.15) is 15.9 Å². The van der Waals surface area contributed by atoms with E-state index in [1.54, 1.807) is 18.2 Å². The molecule has 7 nitrogen and oxygen atoms in total. The highest BCUT2D eigenvalue weighted by atomic mass is 32.2. The molecular formula is C22H19FN2O5S. The lowest BCUT2D eigenvalue weighted by Crippen LogP contribution is -2.22. The summed E-state index contributed by atoms with van der Waals surface area (Å²) in [5.74, 6) is -1.99. The molecule has 0 heterocycles. The lowest BCUT2D eigenvalue weighted by molar-refractivity contribution is -0.119. The summed E-state index contributed by atoms with van der Waals surface area (Å²) in [6.07, 6.45) is 0. The number of anilines is 2. The smallest absolute Gasteiger partial charge is 0.340 e. The Morgan fingerprint density at radius 1 is 0.968 bits per heavy atom. The molecule has 0 radical (unpaired) electrons. The largest absolute Gasteiger partial charge is 0.452 e. The van der Waals surface area contributed by atoms with Crippen molar-refractivity contribution in [2.75, 3.05) is 16.6 Å². The number of sulfonamides is 1. The van der Waals surface area contributed by atoms with Crippen LogP contribution < -0.4 is 10.0 Å². The maximum absolute atomic E-state index is 13.1. The van der Waals surface area contributed by atoms with Crippen LogP contribution in [-0.2, 0) is 19.6 Å². The number of carbonyl (C=O) groups is 2. The fraction of sp³-hybridized carbons (Fsp3) is 0.0909. The predicted molar refractivity (Wildman–Crippen MR) is 114 cm³/mol. The van der Waals surface area contributed by atoms with Crippen molar-refractivity contribution < 1.29 is 27.1 Å². The quantitative estimate of drug-likeness (QED) is 0.543. The molecule has 3 aromatic carbocycles. The van der Waals surface area contributed by atoms with E-state index in [-0.39, 0.29) is 16.1 Å². The molecule has 0 atom stereocenters. The average Bonchev–Trinajstić information content (AvgIpc) is 2.72. The number of benzene rings is 3. The maximum atomic E-state index is 13.1. The summed E-state index contributed by atoms with van der Waals surface area (Å²) >= 11 is 0. The van der Waals surface area contributed by atoms with E-state index in [4.69, 9.17) is 4.74 Å². The summed E-state index contributed by atoms with van der Waals surface area (Å²) in [5, 5.41) is 2.61. The van der Waals surface area contributed by atoms with Crippen molar-refractivity contribution in [1.82, 2.24) is 0 Å². The van der Waals surface area contributed by atoms with Gasteiger partial charge in [0.1, 0.15) is 5.82 Å². The fourth-order valence-electron chi connectivity index (χ4n) is 2.70. The highest BCUT2D eigenvalue weighted by Gasteiger charge is 2.20. The second kappa shape index (κ2) is 9.40. The third kappa shape index (κ3) is 5.89. The maximum Gasteiger partial charge on any atom is 0.340 e. The van der Waals surface area contributed by atoms with E-state index >= 15 is 0 Å². The van der Waals surface area contributed by atoms with Gasteiger partial charge in [0.05, 0.1) is 16.1 Å². The molecule has 3 aromatic rings. The SMILES string of the molecule is Cc1cccc(NC(=O)COC(=O)c2ccccc2NS(=O)(=O)c2ccc(F)cc2)c1. The zero-order valence-corrected chi connectivity index (χ0v) is 17.3. The van der Waals surface area contributed by atoms with Crippen molar-refractivity contribution in [3.05, 3.63) is 89.7 Å². The molecule has 1 amide bonds. The predicted octanol–water partition coefficient (Wildman–Crippen LogP) is 3.73. The van der Waals surface area contributed by atoms with Crippen LogP contribution in [-0.4, -0.2) is 26.9 Å². The number of aryl methyl sites for hydroxylation is 1. The number of rotatable bonds is 7. The molecule has 0 aromatic heterocycles. The van der Waals surface area contributed by atoms with Gasteiger partial charge in [-0.05, 0) is 61.0 Å². The van der Waals surface area contributed by atoms with Crippen LogP contribution >= 0.6 is 0 Å². The minimum Gasteiger partial charge on any atom is -0.452 e. The van der Waals surface area contributed by atoms with Crippen LogP contribution in [0.25, 0.3) is 0 Å². The molecule has 3 rings (SSSR count). The van der Waals surface area contributed by atoms with E-state index in [2.05, 4.69) is 10.0 Å².